The maximum Gasteiger partial charge on any atom is 0.174 e. The third-order valence-corrected chi connectivity index (χ3v) is 3.88. The zero-order chi connectivity index (χ0) is 13.4. The largest absolute Gasteiger partial charge is 0.328 e. The Balaban J connectivity index is 1.60. The molecule has 20 heavy (non-hydrogen) atoms. The number of aromatic amines is 1. The molecule has 0 radical (unpaired) electrons. The number of hydrogen-bond acceptors (Lipinski definition) is 7. The third kappa shape index (κ3) is 1.81. The molecule has 0 aromatic carbocycles. The standard InChI is InChI=1S/C12H11N7S/c1-2-17-20-10(1)18-11-12-14-7-9(8-5-15-16-6-8)19(12)4-3-13-11/h1-6,9H,7H2,(H,13,18)(H,15,16). The summed E-state index contributed by atoms with van der Waals surface area (Å²) in [5, 5.41) is 11.1. The molecule has 2 aliphatic heterocycles. The molecule has 0 fully saturated rings. The van der Waals surface area contributed by atoms with Gasteiger partial charge < -0.3 is 10.2 Å². The Labute approximate surface area is 118 Å². The topological polar surface area (TPSA) is 81.6 Å². The number of nitrogens with one attached hydrogen (secondary N) is 2. The summed E-state index contributed by atoms with van der Waals surface area (Å²) in [6, 6.07) is 2.09. The maximum atomic E-state index is 4.60. The first-order valence-electron chi connectivity index (χ1n) is 6.16. The Bertz CT molecular complexity index is 683. The average Bonchev–Trinajstić information content (AvgIpc) is 3.20. The number of hydrogen-bond donors (Lipinski definition) is 2. The van der Waals surface area contributed by atoms with Gasteiger partial charge in [-0.3, -0.25) is 10.1 Å². The zero-order valence-electron chi connectivity index (χ0n) is 10.4. The van der Waals surface area contributed by atoms with Gasteiger partial charge in [0, 0.05) is 30.4 Å². The van der Waals surface area contributed by atoms with Crippen molar-refractivity contribution in [3.05, 3.63) is 42.6 Å². The predicted molar refractivity (Wildman–Crippen MR) is 77.8 cm³/mol. The van der Waals surface area contributed by atoms with Crippen molar-refractivity contribution in [3.8, 4) is 0 Å². The van der Waals surface area contributed by atoms with Crippen LogP contribution in [-0.4, -0.2) is 37.7 Å². The van der Waals surface area contributed by atoms with Crippen LogP contribution in [0.25, 0.3) is 0 Å². The van der Waals surface area contributed by atoms with Gasteiger partial charge in [-0.2, -0.15) is 9.47 Å². The Morgan fingerprint density at radius 3 is 3.25 bits per heavy atom. The molecule has 0 saturated carbocycles. The first kappa shape index (κ1) is 11.4. The summed E-state index contributed by atoms with van der Waals surface area (Å²) < 4.78 is 4.07. The molecule has 0 saturated heterocycles. The number of fused-ring (bicyclic) bond motifs is 1. The minimum absolute atomic E-state index is 0.175. The van der Waals surface area contributed by atoms with E-state index in [9.17, 15) is 0 Å². The Morgan fingerprint density at radius 1 is 1.45 bits per heavy atom. The minimum atomic E-state index is 0.175. The highest BCUT2D eigenvalue weighted by atomic mass is 32.1. The first-order valence-corrected chi connectivity index (χ1v) is 6.93. The minimum Gasteiger partial charge on any atom is -0.328 e. The lowest BCUT2D eigenvalue weighted by Crippen LogP contribution is -2.36. The molecule has 2 aromatic rings. The molecule has 4 rings (SSSR count). The number of amidine groups is 2. The summed E-state index contributed by atoms with van der Waals surface area (Å²) >= 11 is 1.39. The fourth-order valence-corrected chi connectivity index (χ4v) is 2.79. The molecule has 8 heteroatoms. The summed E-state index contributed by atoms with van der Waals surface area (Å²) in [7, 11) is 0. The van der Waals surface area contributed by atoms with Crippen LogP contribution >= 0.6 is 11.5 Å². The molecule has 2 aromatic heterocycles. The normalized spacial score (nSPS) is 20.6. The van der Waals surface area contributed by atoms with Crippen LogP contribution in [0, 0.1) is 0 Å². The smallest absolute Gasteiger partial charge is 0.174 e. The van der Waals surface area contributed by atoms with Crippen LogP contribution < -0.4 is 5.32 Å². The highest BCUT2D eigenvalue weighted by Gasteiger charge is 2.32. The van der Waals surface area contributed by atoms with E-state index in [2.05, 4.69) is 34.8 Å². The Hall–Kier alpha value is -2.48. The van der Waals surface area contributed by atoms with Crippen molar-refractivity contribution in [2.45, 2.75) is 6.04 Å². The predicted octanol–water partition coefficient (Wildman–Crippen LogP) is 1.62. The molecule has 100 valence electrons. The van der Waals surface area contributed by atoms with Crippen molar-refractivity contribution in [2.75, 3.05) is 11.9 Å². The van der Waals surface area contributed by atoms with E-state index in [0.717, 1.165) is 22.2 Å². The lowest BCUT2D eigenvalue weighted by Gasteiger charge is -2.25. The molecule has 2 N–H and O–H groups in total. The molecule has 7 nitrogen and oxygen atoms in total. The molecular weight excluding hydrogens is 274 g/mol. The fraction of sp³-hybridized carbons (Fsp3) is 0.167. The fourth-order valence-electron chi connectivity index (χ4n) is 2.29. The number of anilines is 1. The van der Waals surface area contributed by atoms with Gasteiger partial charge in [0.1, 0.15) is 5.00 Å². The molecular formula is C12H11N7S. The first-order chi connectivity index (χ1) is 9.92. The van der Waals surface area contributed by atoms with E-state index in [1.165, 1.54) is 11.5 Å². The monoisotopic (exact) mass is 285 g/mol. The van der Waals surface area contributed by atoms with Crippen LogP contribution in [0.3, 0.4) is 0 Å². The van der Waals surface area contributed by atoms with Crippen molar-refractivity contribution in [3.63, 3.8) is 0 Å². The summed E-state index contributed by atoms with van der Waals surface area (Å²) in [6.07, 6.45) is 9.22. The lowest BCUT2D eigenvalue weighted by atomic mass is 10.1. The second-order valence-electron chi connectivity index (χ2n) is 4.40. The quantitative estimate of drug-likeness (QED) is 0.878. The highest BCUT2D eigenvalue weighted by molar-refractivity contribution is 7.10. The van der Waals surface area contributed by atoms with Crippen LogP contribution in [-0.2, 0) is 0 Å². The summed E-state index contributed by atoms with van der Waals surface area (Å²) in [5.74, 6) is 1.61. The van der Waals surface area contributed by atoms with Gasteiger partial charge in [-0.05, 0) is 17.6 Å². The van der Waals surface area contributed by atoms with E-state index >= 15 is 0 Å². The van der Waals surface area contributed by atoms with Crippen LogP contribution in [0.4, 0.5) is 5.00 Å². The highest BCUT2D eigenvalue weighted by Crippen LogP contribution is 2.28. The van der Waals surface area contributed by atoms with E-state index in [0.29, 0.717) is 6.54 Å². The molecule has 1 unspecified atom stereocenters. The van der Waals surface area contributed by atoms with Gasteiger partial charge in [0.05, 0.1) is 18.8 Å². The van der Waals surface area contributed by atoms with Crippen molar-refractivity contribution >= 4 is 28.2 Å². The second kappa shape index (κ2) is 4.57. The average molecular weight is 285 g/mol. The Morgan fingerprint density at radius 2 is 2.45 bits per heavy atom. The lowest BCUT2D eigenvalue weighted by molar-refractivity contribution is 0.458. The van der Waals surface area contributed by atoms with E-state index in [1.54, 1.807) is 12.4 Å². The molecule has 0 aliphatic carbocycles. The zero-order valence-corrected chi connectivity index (χ0v) is 11.2. The van der Waals surface area contributed by atoms with Crippen molar-refractivity contribution in [1.29, 1.82) is 0 Å². The Kier molecular flexibility index (Phi) is 2.59. The second-order valence-corrected chi connectivity index (χ2v) is 5.23. The van der Waals surface area contributed by atoms with Crippen molar-refractivity contribution < 1.29 is 0 Å². The van der Waals surface area contributed by atoms with Gasteiger partial charge >= 0.3 is 0 Å². The van der Waals surface area contributed by atoms with E-state index in [1.807, 2.05) is 24.7 Å². The summed E-state index contributed by atoms with van der Waals surface area (Å²) in [6.45, 7) is 0.697. The van der Waals surface area contributed by atoms with Gasteiger partial charge in [-0.15, -0.1) is 0 Å². The van der Waals surface area contributed by atoms with Gasteiger partial charge in [-0.1, -0.05) is 0 Å². The van der Waals surface area contributed by atoms with Gasteiger partial charge in [-0.25, -0.2) is 4.99 Å². The van der Waals surface area contributed by atoms with Crippen molar-refractivity contribution in [1.82, 2.24) is 19.5 Å². The number of nitrogens with zero attached hydrogens (tertiary/aromatic N) is 5. The number of aromatic nitrogens is 3. The van der Waals surface area contributed by atoms with Crippen molar-refractivity contribution in [2.24, 2.45) is 9.98 Å². The SMILES string of the molecule is C1=CN2C(=NCC2c2cn[nH]c2)C(Nc2ccns2)=N1. The number of rotatable bonds is 2. The molecule has 0 amide bonds. The summed E-state index contributed by atoms with van der Waals surface area (Å²) in [5.41, 5.74) is 1.12. The number of aliphatic imine (C=N–C) groups is 2. The van der Waals surface area contributed by atoms with Crippen LogP contribution in [0.5, 0.6) is 0 Å². The van der Waals surface area contributed by atoms with Gasteiger partial charge in [0.25, 0.3) is 0 Å². The number of H-pyrrole nitrogens is 1. The van der Waals surface area contributed by atoms with Crippen LogP contribution in [0.2, 0.25) is 0 Å². The molecule has 0 bridgehead atoms. The summed E-state index contributed by atoms with van der Waals surface area (Å²) in [4.78, 5) is 11.1. The van der Waals surface area contributed by atoms with E-state index in [4.69, 9.17) is 0 Å². The van der Waals surface area contributed by atoms with Gasteiger partial charge in [0.2, 0.25) is 0 Å². The molecule has 1 atom stereocenters. The maximum absolute atomic E-state index is 4.60. The third-order valence-electron chi connectivity index (χ3n) is 3.22. The van der Waals surface area contributed by atoms with Crippen LogP contribution in [0.15, 0.2) is 47.0 Å². The van der Waals surface area contributed by atoms with E-state index < -0.39 is 0 Å². The molecule has 2 aliphatic rings. The molecule has 4 heterocycles. The van der Waals surface area contributed by atoms with Crippen LogP contribution in [0.1, 0.15) is 11.6 Å². The van der Waals surface area contributed by atoms with E-state index in [-0.39, 0.29) is 6.04 Å². The van der Waals surface area contributed by atoms with Gasteiger partial charge in [0.15, 0.2) is 11.7 Å². The molecule has 0 spiro atoms.